The van der Waals surface area contributed by atoms with Gasteiger partial charge >= 0.3 is 0 Å². The molecule has 0 spiro atoms. The highest BCUT2D eigenvalue weighted by Crippen LogP contribution is 2.36. The lowest BCUT2D eigenvalue weighted by molar-refractivity contribution is 0.563. The first-order valence-corrected chi connectivity index (χ1v) is 6.60. The van der Waals surface area contributed by atoms with Gasteiger partial charge in [-0.1, -0.05) is 6.08 Å². The van der Waals surface area contributed by atoms with Gasteiger partial charge in [0.15, 0.2) is 0 Å². The summed E-state index contributed by atoms with van der Waals surface area (Å²) in [6.45, 7) is 3.27. The first-order chi connectivity index (χ1) is 7.74. The summed E-state index contributed by atoms with van der Waals surface area (Å²) in [5.41, 5.74) is 3.96. The summed E-state index contributed by atoms with van der Waals surface area (Å²) in [6, 6.07) is 2.91. The number of hydrogen-bond donors (Lipinski definition) is 1. The molecular weight excluding hydrogens is 264 g/mol. The molecule has 2 aliphatic rings. The van der Waals surface area contributed by atoms with Crippen molar-refractivity contribution in [3.8, 4) is 0 Å². The van der Waals surface area contributed by atoms with Gasteiger partial charge in [-0.2, -0.15) is 0 Å². The molecule has 2 nitrogen and oxygen atoms in total. The second kappa shape index (κ2) is 3.97. The van der Waals surface area contributed by atoms with E-state index in [0.717, 1.165) is 16.9 Å². The van der Waals surface area contributed by atoms with Crippen LogP contribution in [0.15, 0.2) is 22.9 Å². The van der Waals surface area contributed by atoms with Crippen molar-refractivity contribution < 1.29 is 0 Å². The zero-order chi connectivity index (χ0) is 11.1. The molecule has 0 bridgehead atoms. The molecule has 0 aromatic carbocycles. The van der Waals surface area contributed by atoms with E-state index in [9.17, 15) is 0 Å². The molecule has 1 fully saturated rings. The van der Waals surface area contributed by atoms with Gasteiger partial charge in [0.1, 0.15) is 4.60 Å². The maximum absolute atomic E-state index is 4.37. The summed E-state index contributed by atoms with van der Waals surface area (Å²) in [7, 11) is 0. The summed E-state index contributed by atoms with van der Waals surface area (Å²) in [5, 5.41) is 3.56. The summed E-state index contributed by atoms with van der Waals surface area (Å²) >= 11 is 3.44. The molecule has 3 rings (SSSR count). The zero-order valence-corrected chi connectivity index (χ0v) is 10.9. The van der Waals surface area contributed by atoms with Gasteiger partial charge in [-0.05, 0) is 70.9 Å². The Kier molecular flexibility index (Phi) is 2.60. The van der Waals surface area contributed by atoms with Crippen LogP contribution >= 0.6 is 15.9 Å². The van der Waals surface area contributed by atoms with E-state index in [1.54, 1.807) is 0 Å². The Morgan fingerprint density at radius 1 is 1.50 bits per heavy atom. The second-order valence-electron chi connectivity index (χ2n) is 4.74. The molecule has 0 saturated carbocycles. The van der Waals surface area contributed by atoms with Crippen LogP contribution in [-0.4, -0.2) is 17.6 Å². The summed E-state index contributed by atoms with van der Waals surface area (Å²) in [6.07, 6.45) is 6.86. The fourth-order valence-electron chi connectivity index (χ4n) is 2.72. The third kappa shape index (κ3) is 1.72. The number of halogens is 1. The molecule has 1 aromatic heterocycles. The van der Waals surface area contributed by atoms with Gasteiger partial charge in [-0.25, -0.2) is 4.98 Å². The third-order valence-electron chi connectivity index (χ3n) is 3.64. The van der Waals surface area contributed by atoms with Crippen molar-refractivity contribution in [2.45, 2.75) is 25.8 Å². The molecule has 0 amide bonds. The van der Waals surface area contributed by atoms with Crippen molar-refractivity contribution in [2.75, 3.05) is 6.54 Å². The fourth-order valence-corrected chi connectivity index (χ4v) is 2.94. The van der Waals surface area contributed by atoms with Crippen molar-refractivity contribution >= 4 is 21.5 Å². The number of pyridine rings is 1. The number of aromatic nitrogens is 1. The van der Waals surface area contributed by atoms with Crippen molar-refractivity contribution in [1.82, 2.24) is 10.3 Å². The highest BCUT2D eigenvalue weighted by Gasteiger charge is 2.31. The number of fused-ring (bicyclic) bond motifs is 1. The summed E-state index contributed by atoms with van der Waals surface area (Å²) in [5.74, 6) is 0.749. The van der Waals surface area contributed by atoms with Gasteiger partial charge in [0, 0.05) is 12.2 Å². The molecule has 1 aliphatic heterocycles. The molecule has 1 saturated heterocycles. The lowest BCUT2D eigenvalue weighted by Crippen LogP contribution is -2.22. The predicted molar refractivity (Wildman–Crippen MR) is 69.2 cm³/mol. The molecule has 1 aliphatic carbocycles. The Morgan fingerprint density at radius 2 is 2.38 bits per heavy atom. The van der Waals surface area contributed by atoms with Crippen LogP contribution in [0.2, 0.25) is 0 Å². The largest absolute Gasteiger partial charge is 0.313 e. The Labute approximate surface area is 104 Å². The van der Waals surface area contributed by atoms with Gasteiger partial charge in [0.05, 0.1) is 0 Å². The van der Waals surface area contributed by atoms with Crippen LogP contribution in [0.4, 0.5) is 0 Å². The van der Waals surface area contributed by atoms with E-state index < -0.39 is 0 Å². The molecule has 84 valence electrons. The van der Waals surface area contributed by atoms with Gasteiger partial charge in [0.25, 0.3) is 0 Å². The van der Waals surface area contributed by atoms with Gasteiger partial charge in [-0.3, -0.25) is 0 Å². The van der Waals surface area contributed by atoms with Crippen molar-refractivity contribution in [2.24, 2.45) is 5.92 Å². The molecule has 1 N–H and O–H groups in total. The molecule has 3 heteroatoms. The first kappa shape index (κ1) is 10.5. The number of hydrogen-bond acceptors (Lipinski definition) is 2. The van der Waals surface area contributed by atoms with E-state index in [2.05, 4.69) is 45.3 Å². The van der Waals surface area contributed by atoms with Crippen LogP contribution in [0.5, 0.6) is 0 Å². The minimum atomic E-state index is 0.680. The lowest BCUT2D eigenvalue weighted by atomic mass is 10.0. The van der Waals surface area contributed by atoms with Crippen molar-refractivity contribution in [3.05, 3.63) is 34.1 Å². The van der Waals surface area contributed by atoms with E-state index in [1.165, 1.54) is 29.7 Å². The monoisotopic (exact) mass is 278 g/mol. The van der Waals surface area contributed by atoms with E-state index in [0.29, 0.717) is 6.04 Å². The molecule has 1 aromatic rings. The van der Waals surface area contributed by atoms with E-state index in [-0.39, 0.29) is 0 Å². The highest BCUT2D eigenvalue weighted by molar-refractivity contribution is 9.10. The van der Waals surface area contributed by atoms with Crippen molar-refractivity contribution in [3.63, 3.8) is 0 Å². The minimum Gasteiger partial charge on any atom is -0.313 e. The van der Waals surface area contributed by atoms with Crippen LogP contribution in [0.1, 0.15) is 24.0 Å². The van der Waals surface area contributed by atoms with E-state index in [4.69, 9.17) is 0 Å². The standard InChI is InChI=1S/C13H15BrN2/c1-8-4-11(7-16-13(8)14)10-5-9-2-3-15-12(9)6-10/h4-5,7,9,12,15H,2-3,6H2,1H3/t9-,12+/m1/s1. The number of nitrogens with zero attached hydrogens (tertiary/aromatic N) is 1. The lowest BCUT2D eigenvalue weighted by Gasteiger charge is -2.09. The smallest absolute Gasteiger partial charge is 0.109 e. The van der Waals surface area contributed by atoms with Gasteiger partial charge < -0.3 is 5.32 Å². The number of aryl methyl sites for hydroxylation is 1. The highest BCUT2D eigenvalue weighted by atomic mass is 79.9. The third-order valence-corrected chi connectivity index (χ3v) is 4.47. The molecule has 2 atom stereocenters. The Morgan fingerprint density at radius 3 is 3.12 bits per heavy atom. The topological polar surface area (TPSA) is 24.9 Å². The van der Waals surface area contributed by atoms with E-state index >= 15 is 0 Å². The number of nitrogens with one attached hydrogen (secondary N) is 1. The quantitative estimate of drug-likeness (QED) is 0.799. The average Bonchev–Trinajstić information content (AvgIpc) is 2.81. The molecule has 2 heterocycles. The molecular formula is C13H15BrN2. The second-order valence-corrected chi connectivity index (χ2v) is 5.49. The SMILES string of the molecule is Cc1cc(C2=C[C@H]3CCN[C@H]3C2)cnc1Br. The van der Waals surface area contributed by atoms with Crippen LogP contribution < -0.4 is 5.32 Å². The average molecular weight is 279 g/mol. The van der Waals surface area contributed by atoms with Crippen LogP contribution in [0.25, 0.3) is 5.57 Å². The van der Waals surface area contributed by atoms with Crippen LogP contribution in [0, 0.1) is 12.8 Å². The Bertz CT molecular complexity index is 453. The van der Waals surface area contributed by atoms with Crippen LogP contribution in [0.3, 0.4) is 0 Å². The number of rotatable bonds is 1. The van der Waals surface area contributed by atoms with Crippen LogP contribution in [-0.2, 0) is 0 Å². The normalized spacial score (nSPS) is 28.0. The fraction of sp³-hybridized carbons (Fsp3) is 0.462. The maximum atomic E-state index is 4.37. The zero-order valence-electron chi connectivity index (χ0n) is 9.33. The molecule has 0 radical (unpaired) electrons. The first-order valence-electron chi connectivity index (χ1n) is 5.80. The maximum Gasteiger partial charge on any atom is 0.109 e. The summed E-state index contributed by atoms with van der Waals surface area (Å²) in [4.78, 5) is 4.37. The van der Waals surface area contributed by atoms with Gasteiger partial charge in [0.2, 0.25) is 0 Å². The Balaban J connectivity index is 1.90. The predicted octanol–water partition coefficient (Wildman–Crippen LogP) is 2.92. The Hall–Kier alpha value is -0.670. The van der Waals surface area contributed by atoms with Gasteiger partial charge in [-0.15, -0.1) is 0 Å². The van der Waals surface area contributed by atoms with E-state index in [1.807, 2.05) is 6.20 Å². The summed E-state index contributed by atoms with van der Waals surface area (Å²) < 4.78 is 0.952. The van der Waals surface area contributed by atoms with Crippen molar-refractivity contribution in [1.29, 1.82) is 0 Å². The minimum absolute atomic E-state index is 0.680. The molecule has 0 unspecified atom stereocenters. The molecule has 16 heavy (non-hydrogen) atoms.